The lowest BCUT2D eigenvalue weighted by atomic mass is 9.83. The number of hydrogen-bond donors (Lipinski definition) is 1. The quantitative estimate of drug-likeness (QED) is 0.865. The number of ether oxygens (including phenoxy) is 2. The first-order valence-electron chi connectivity index (χ1n) is 7.82. The van der Waals surface area contributed by atoms with Crippen LogP contribution in [-0.2, 0) is 4.74 Å². The summed E-state index contributed by atoms with van der Waals surface area (Å²) in [6.07, 6.45) is 4.13. The molecule has 21 heavy (non-hydrogen) atoms. The minimum atomic E-state index is -0.374. The molecule has 0 bridgehead atoms. The highest BCUT2D eigenvalue weighted by Crippen LogP contribution is 2.39. The first-order valence-corrected chi connectivity index (χ1v) is 7.82. The Morgan fingerprint density at radius 2 is 2.24 bits per heavy atom. The van der Waals surface area contributed by atoms with Crippen LogP contribution in [0.3, 0.4) is 0 Å². The molecule has 0 aliphatic carbocycles. The van der Waals surface area contributed by atoms with Crippen molar-refractivity contribution >= 4 is 0 Å². The smallest absolute Gasteiger partial charge is 0.169 e. The molecular formula is C17H26FNO2. The van der Waals surface area contributed by atoms with Gasteiger partial charge in [0.2, 0.25) is 0 Å². The summed E-state index contributed by atoms with van der Waals surface area (Å²) in [5.41, 5.74) is 0.257. The van der Waals surface area contributed by atoms with Crippen LogP contribution in [0.25, 0.3) is 0 Å². The maximum atomic E-state index is 14.7. The second-order valence-electron chi connectivity index (χ2n) is 5.87. The summed E-state index contributed by atoms with van der Waals surface area (Å²) in [5.74, 6) is -0.000732. The molecular weight excluding hydrogens is 269 g/mol. The van der Waals surface area contributed by atoms with Crippen molar-refractivity contribution in [2.45, 2.75) is 51.2 Å². The van der Waals surface area contributed by atoms with Crippen molar-refractivity contribution in [1.82, 2.24) is 5.32 Å². The van der Waals surface area contributed by atoms with E-state index in [4.69, 9.17) is 9.47 Å². The van der Waals surface area contributed by atoms with Gasteiger partial charge < -0.3 is 14.8 Å². The van der Waals surface area contributed by atoms with Gasteiger partial charge in [0.05, 0.1) is 18.8 Å². The third-order valence-electron chi connectivity index (χ3n) is 4.23. The molecule has 2 rings (SSSR count). The van der Waals surface area contributed by atoms with Crippen LogP contribution in [0.2, 0.25) is 0 Å². The maximum Gasteiger partial charge on any atom is 0.169 e. The molecule has 1 fully saturated rings. The summed E-state index contributed by atoms with van der Waals surface area (Å²) < 4.78 is 25.8. The Morgan fingerprint density at radius 1 is 1.43 bits per heavy atom. The Labute approximate surface area is 126 Å². The molecule has 0 amide bonds. The first kappa shape index (κ1) is 16.2. The van der Waals surface area contributed by atoms with E-state index in [1.165, 1.54) is 7.11 Å². The van der Waals surface area contributed by atoms with Gasteiger partial charge in [0.1, 0.15) is 0 Å². The lowest BCUT2D eigenvalue weighted by Gasteiger charge is -2.41. The molecule has 2 unspecified atom stereocenters. The average Bonchev–Trinajstić information content (AvgIpc) is 2.49. The topological polar surface area (TPSA) is 30.5 Å². The number of methoxy groups -OCH3 is 1. The molecule has 0 saturated carbocycles. The van der Waals surface area contributed by atoms with E-state index in [0.717, 1.165) is 38.8 Å². The van der Waals surface area contributed by atoms with Gasteiger partial charge in [-0.05, 0) is 45.2 Å². The lowest BCUT2D eigenvalue weighted by Crippen LogP contribution is -2.46. The monoisotopic (exact) mass is 295 g/mol. The zero-order chi connectivity index (χ0) is 15.3. The standard InChI is InChI=1S/C17H26FNO2/c1-4-11-19-16(17(2)10-5-6-12-21-17)13-8-7-9-14(20-3)15(13)18/h7-9,16,19H,4-6,10-12H2,1-3H3. The normalized spacial score (nSPS) is 23.8. The molecule has 1 aromatic carbocycles. The van der Waals surface area contributed by atoms with Gasteiger partial charge in [-0.15, -0.1) is 0 Å². The second kappa shape index (κ2) is 7.23. The van der Waals surface area contributed by atoms with Crippen molar-refractivity contribution in [2.75, 3.05) is 20.3 Å². The third kappa shape index (κ3) is 3.55. The highest BCUT2D eigenvalue weighted by molar-refractivity contribution is 5.34. The molecule has 1 aromatic rings. The molecule has 1 heterocycles. The molecule has 1 aliphatic heterocycles. The minimum absolute atomic E-state index is 0.159. The Hall–Kier alpha value is -1.13. The first-order chi connectivity index (χ1) is 10.1. The van der Waals surface area contributed by atoms with Crippen molar-refractivity contribution in [1.29, 1.82) is 0 Å². The Bertz CT molecular complexity index is 458. The van der Waals surface area contributed by atoms with Crippen LogP contribution in [0.15, 0.2) is 18.2 Å². The predicted molar refractivity (Wildman–Crippen MR) is 82.2 cm³/mol. The van der Waals surface area contributed by atoms with Crippen LogP contribution >= 0.6 is 0 Å². The summed E-state index contributed by atoms with van der Waals surface area (Å²) in [6, 6.07) is 5.16. The highest BCUT2D eigenvalue weighted by atomic mass is 19.1. The van der Waals surface area contributed by atoms with Crippen molar-refractivity contribution < 1.29 is 13.9 Å². The van der Waals surface area contributed by atoms with E-state index in [1.54, 1.807) is 6.07 Å². The lowest BCUT2D eigenvalue weighted by molar-refractivity contribution is -0.0904. The van der Waals surface area contributed by atoms with E-state index in [-0.39, 0.29) is 23.2 Å². The summed E-state index contributed by atoms with van der Waals surface area (Å²) in [4.78, 5) is 0. The molecule has 1 aliphatic rings. The predicted octanol–water partition coefficient (Wildman–Crippen LogP) is 3.83. The fraction of sp³-hybridized carbons (Fsp3) is 0.647. The van der Waals surface area contributed by atoms with Crippen molar-refractivity contribution in [3.05, 3.63) is 29.6 Å². The van der Waals surface area contributed by atoms with E-state index < -0.39 is 0 Å². The average molecular weight is 295 g/mol. The Kier molecular flexibility index (Phi) is 5.59. The molecule has 1 saturated heterocycles. The van der Waals surface area contributed by atoms with Gasteiger partial charge in [0.25, 0.3) is 0 Å². The Morgan fingerprint density at radius 3 is 2.86 bits per heavy atom. The van der Waals surface area contributed by atoms with Crippen molar-refractivity contribution in [3.63, 3.8) is 0 Å². The van der Waals surface area contributed by atoms with Crippen LogP contribution in [-0.4, -0.2) is 25.9 Å². The largest absolute Gasteiger partial charge is 0.494 e. The van der Waals surface area contributed by atoms with Crippen LogP contribution in [0, 0.1) is 5.82 Å². The summed E-state index contributed by atoms with van der Waals surface area (Å²) in [7, 11) is 1.50. The molecule has 3 nitrogen and oxygen atoms in total. The van der Waals surface area contributed by atoms with E-state index >= 15 is 0 Å². The van der Waals surface area contributed by atoms with Crippen LogP contribution in [0.1, 0.15) is 51.1 Å². The molecule has 1 N–H and O–H groups in total. The zero-order valence-corrected chi connectivity index (χ0v) is 13.2. The minimum Gasteiger partial charge on any atom is -0.494 e. The Balaban J connectivity index is 2.35. The van der Waals surface area contributed by atoms with Gasteiger partial charge in [0.15, 0.2) is 11.6 Å². The molecule has 4 heteroatoms. The van der Waals surface area contributed by atoms with E-state index in [2.05, 4.69) is 19.2 Å². The number of hydrogen-bond acceptors (Lipinski definition) is 3. The molecule has 2 atom stereocenters. The van der Waals surface area contributed by atoms with E-state index in [1.807, 2.05) is 12.1 Å². The van der Waals surface area contributed by atoms with Gasteiger partial charge in [-0.2, -0.15) is 0 Å². The van der Waals surface area contributed by atoms with Gasteiger partial charge >= 0.3 is 0 Å². The van der Waals surface area contributed by atoms with Crippen LogP contribution in [0.4, 0.5) is 4.39 Å². The van der Waals surface area contributed by atoms with Crippen LogP contribution in [0.5, 0.6) is 5.75 Å². The highest BCUT2D eigenvalue weighted by Gasteiger charge is 2.39. The number of benzene rings is 1. The van der Waals surface area contributed by atoms with Gasteiger partial charge in [-0.1, -0.05) is 19.1 Å². The van der Waals surface area contributed by atoms with Gasteiger partial charge in [0, 0.05) is 12.2 Å². The third-order valence-corrected chi connectivity index (χ3v) is 4.23. The van der Waals surface area contributed by atoms with Gasteiger partial charge in [-0.3, -0.25) is 0 Å². The van der Waals surface area contributed by atoms with Gasteiger partial charge in [-0.25, -0.2) is 4.39 Å². The maximum absolute atomic E-state index is 14.7. The zero-order valence-electron chi connectivity index (χ0n) is 13.2. The number of rotatable bonds is 6. The number of halogens is 1. The number of nitrogens with one attached hydrogen (secondary N) is 1. The molecule has 0 aromatic heterocycles. The molecule has 0 radical (unpaired) electrons. The second-order valence-corrected chi connectivity index (χ2v) is 5.87. The summed E-state index contributed by atoms with van der Waals surface area (Å²) in [5, 5.41) is 3.47. The summed E-state index contributed by atoms with van der Waals surface area (Å²) >= 11 is 0. The van der Waals surface area contributed by atoms with Crippen molar-refractivity contribution in [2.24, 2.45) is 0 Å². The van der Waals surface area contributed by atoms with E-state index in [0.29, 0.717) is 5.56 Å². The fourth-order valence-corrected chi connectivity index (χ4v) is 3.04. The molecule has 0 spiro atoms. The fourth-order valence-electron chi connectivity index (χ4n) is 3.04. The van der Waals surface area contributed by atoms with Crippen LogP contribution < -0.4 is 10.1 Å². The van der Waals surface area contributed by atoms with Crippen molar-refractivity contribution in [3.8, 4) is 5.75 Å². The molecule has 118 valence electrons. The SMILES string of the molecule is CCCNC(c1cccc(OC)c1F)C1(C)CCCCO1. The van der Waals surface area contributed by atoms with E-state index in [9.17, 15) is 4.39 Å². The summed E-state index contributed by atoms with van der Waals surface area (Å²) in [6.45, 7) is 5.76.